The van der Waals surface area contributed by atoms with Crippen LogP contribution in [0.4, 0.5) is 0 Å². The Labute approximate surface area is 113 Å². The molecule has 0 heterocycles. The standard InChI is InChI=1S/C15H20O4/c1-3-11-19-15(17)10-9-13(16)12-7-5-6-8-14(12)18-4-2/h5-8H,3-4,9-11H2,1-2H3. The zero-order valence-corrected chi connectivity index (χ0v) is 11.5. The van der Waals surface area contributed by atoms with Crippen LogP contribution in [-0.2, 0) is 9.53 Å². The smallest absolute Gasteiger partial charge is 0.306 e. The van der Waals surface area contributed by atoms with Crippen LogP contribution in [0.3, 0.4) is 0 Å². The van der Waals surface area contributed by atoms with Gasteiger partial charge in [0, 0.05) is 6.42 Å². The van der Waals surface area contributed by atoms with Crippen LogP contribution < -0.4 is 4.74 Å². The Morgan fingerprint density at radius 1 is 1.11 bits per heavy atom. The molecule has 0 unspecified atom stereocenters. The number of carbonyl (C=O) groups is 2. The molecule has 1 aromatic rings. The summed E-state index contributed by atoms with van der Waals surface area (Å²) >= 11 is 0. The van der Waals surface area contributed by atoms with E-state index in [1.807, 2.05) is 19.9 Å². The number of ether oxygens (including phenoxy) is 2. The Bertz CT molecular complexity index is 426. The second kappa shape index (κ2) is 8.29. The summed E-state index contributed by atoms with van der Waals surface area (Å²) in [5.74, 6) is 0.138. The van der Waals surface area contributed by atoms with Gasteiger partial charge >= 0.3 is 5.97 Å². The maximum Gasteiger partial charge on any atom is 0.306 e. The van der Waals surface area contributed by atoms with E-state index in [2.05, 4.69) is 0 Å². The molecule has 1 rings (SSSR count). The van der Waals surface area contributed by atoms with Gasteiger partial charge in [0.05, 0.1) is 25.2 Å². The van der Waals surface area contributed by atoms with Gasteiger partial charge in [0.2, 0.25) is 0 Å². The molecule has 0 N–H and O–H groups in total. The maximum atomic E-state index is 12.0. The lowest BCUT2D eigenvalue weighted by atomic mass is 10.1. The van der Waals surface area contributed by atoms with E-state index in [4.69, 9.17) is 9.47 Å². The summed E-state index contributed by atoms with van der Waals surface area (Å²) in [4.78, 5) is 23.4. The number of rotatable bonds is 8. The summed E-state index contributed by atoms with van der Waals surface area (Å²) in [5.41, 5.74) is 0.521. The Kier molecular flexibility index (Phi) is 6.64. The zero-order valence-electron chi connectivity index (χ0n) is 11.5. The van der Waals surface area contributed by atoms with Crippen molar-refractivity contribution in [1.29, 1.82) is 0 Å². The number of hydrogen-bond donors (Lipinski definition) is 0. The van der Waals surface area contributed by atoms with Gasteiger partial charge < -0.3 is 9.47 Å². The summed E-state index contributed by atoms with van der Waals surface area (Å²) in [6, 6.07) is 7.07. The molecule has 4 heteroatoms. The first kappa shape index (κ1) is 15.2. The molecule has 0 aliphatic rings. The Morgan fingerprint density at radius 2 is 1.84 bits per heavy atom. The molecular formula is C15H20O4. The first-order valence-corrected chi connectivity index (χ1v) is 6.59. The largest absolute Gasteiger partial charge is 0.493 e. The van der Waals surface area contributed by atoms with Gasteiger partial charge in [-0.15, -0.1) is 0 Å². The van der Waals surface area contributed by atoms with Crippen LogP contribution in [0.15, 0.2) is 24.3 Å². The van der Waals surface area contributed by atoms with Crippen LogP contribution >= 0.6 is 0 Å². The molecule has 0 aromatic heterocycles. The topological polar surface area (TPSA) is 52.6 Å². The number of ketones is 1. The predicted octanol–water partition coefficient (Wildman–Crippen LogP) is 3.00. The number of carbonyl (C=O) groups excluding carboxylic acids is 2. The number of para-hydroxylation sites is 1. The van der Waals surface area contributed by atoms with E-state index in [1.54, 1.807) is 18.2 Å². The highest BCUT2D eigenvalue weighted by molar-refractivity contribution is 5.99. The average Bonchev–Trinajstić information content (AvgIpc) is 2.43. The summed E-state index contributed by atoms with van der Waals surface area (Å²) < 4.78 is 10.3. The molecule has 0 amide bonds. The minimum atomic E-state index is -0.330. The second-order valence-corrected chi connectivity index (χ2v) is 4.07. The third-order valence-corrected chi connectivity index (χ3v) is 2.51. The summed E-state index contributed by atoms with van der Waals surface area (Å²) in [6.07, 6.45) is 1.04. The molecule has 0 spiro atoms. The molecule has 0 radical (unpaired) electrons. The lowest BCUT2D eigenvalue weighted by Gasteiger charge is -2.08. The zero-order chi connectivity index (χ0) is 14.1. The quantitative estimate of drug-likeness (QED) is 0.535. The van der Waals surface area contributed by atoms with Gasteiger partial charge in [-0.05, 0) is 25.5 Å². The van der Waals surface area contributed by atoms with Crippen LogP contribution in [0.5, 0.6) is 5.75 Å². The van der Waals surface area contributed by atoms with Crippen molar-refractivity contribution in [2.45, 2.75) is 33.1 Å². The third-order valence-electron chi connectivity index (χ3n) is 2.51. The number of Topliss-reactive ketones (excluding diaryl/α,β-unsaturated/α-hetero) is 1. The van der Waals surface area contributed by atoms with Gasteiger partial charge in [0.25, 0.3) is 0 Å². The van der Waals surface area contributed by atoms with Crippen molar-refractivity contribution in [3.63, 3.8) is 0 Å². The third kappa shape index (κ3) is 5.12. The molecule has 1 aromatic carbocycles. The minimum Gasteiger partial charge on any atom is -0.493 e. The van der Waals surface area contributed by atoms with Crippen LogP contribution in [0, 0.1) is 0 Å². The van der Waals surface area contributed by atoms with E-state index in [9.17, 15) is 9.59 Å². The fourth-order valence-corrected chi connectivity index (χ4v) is 1.62. The van der Waals surface area contributed by atoms with Crippen LogP contribution in [0.2, 0.25) is 0 Å². The summed E-state index contributed by atoms with van der Waals surface area (Å²) in [5, 5.41) is 0. The Morgan fingerprint density at radius 3 is 2.53 bits per heavy atom. The van der Waals surface area contributed by atoms with Crippen LogP contribution in [0.1, 0.15) is 43.5 Å². The van der Waals surface area contributed by atoms with Crippen molar-refractivity contribution in [3.8, 4) is 5.75 Å². The van der Waals surface area contributed by atoms with Crippen molar-refractivity contribution < 1.29 is 19.1 Å². The van der Waals surface area contributed by atoms with Crippen LogP contribution in [0.25, 0.3) is 0 Å². The predicted molar refractivity (Wildman–Crippen MR) is 72.4 cm³/mol. The lowest BCUT2D eigenvalue weighted by Crippen LogP contribution is -2.09. The Balaban J connectivity index is 2.56. The SMILES string of the molecule is CCCOC(=O)CCC(=O)c1ccccc1OCC. The molecule has 0 atom stereocenters. The van der Waals surface area contributed by atoms with E-state index >= 15 is 0 Å². The molecule has 4 nitrogen and oxygen atoms in total. The highest BCUT2D eigenvalue weighted by atomic mass is 16.5. The average molecular weight is 264 g/mol. The number of hydrogen-bond acceptors (Lipinski definition) is 4. The fourth-order valence-electron chi connectivity index (χ4n) is 1.62. The van der Waals surface area contributed by atoms with Crippen molar-refractivity contribution in [2.24, 2.45) is 0 Å². The first-order valence-electron chi connectivity index (χ1n) is 6.59. The molecule has 0 saturated carbocycles. The maximum absolute atomic E-state index is 12.0. The molecule has 0 aliphatic heterocycles. The lowest BCUT2D eigenvalue weighted by molar-refractivity contribution is -0.143. The van der Waals surface area contributed by atoms with E-state index in [0.717, 1.165) is 6.42 Å². The molecule has 0 fully saturated rings. The molecule has 0 saturated heterocycles. The van der Waals surface area contributed by atoms with E-state index < -0.39 is 0 Å². The fraction of sp³-hybridized carbons (Fsp3) is 0.467. The second-order valence-electron chi connectivity index (χ2n) is 4.07. The van der Waals surface area contributed by atoms with Crippen molar-refractivity contribution >= 4 is 11.8 Å². The van der Waals surface area contributed by atoms with Gasteiger partial charge in [-0.3, -0.25) is 9.59 Å². The number of esters is 1. The minimum absolute atomic E-state index is 0.0995. The normalized spacial score (nSPS) is 10.0. The summed E-state index contributed by atoms with van der Waals surface area (Å²) in [7, 11) is 0. The van der Waals surface area contributed by atoms with Crippen molar-refractivity contribution in [3.05, 3.63) is 29.8 Å². The molecule has 104 valence electrons. The van der Waals surface area contributed by atoms with Crippen molar-refractivity contribution in [1.82, 2.24) is 0 Å². The van der Waals surface area contributed by atoms with Gasteiger partial charge in [0.15, 0.2) is 5.78 Å². The first-order chi connectivity index (χ1) is 9.19. The van der Waals surface area contributed by atoms with Gasteiger partial charge in [-0.25, -0.2) is 0 Å². The van der Waals surface area contributed by atoms with E-state index in [0.29, 0.717) is 24.5 Å². The summed E-state index contributed by atoms with van der Waals surface area (Å²) in [6.45, 7) is 4.70. The van der Waals surface area contributed by atoms with Crippen LogP contribution in [-0.4, -0.2) is 25.0 Å². The monoisotopic (exact) mass is 264 g/mol. The molecule has 19 heavy (non-hydrogen) atoms. The van der Waals surface area contributed by atoms with Gasteiger partial charge in [0.1, 0.15) is 5.75 Å². The Hall–Kier alpha value is -1.84. The number of benzene rings is 1. The molecule has 0 aliphatic carbocycles. The molecular weight excluding hydrogens is 244 g/mol. The van der Waals surface area contributed by atoms with Crippen molar-refractivity contribution in [2.75, 3.05) is 13.2 Å². The highest BCUT2D eigenvalue weighted by Crippen LogP contribution is 2.20. The van der Waals surface area contributed by atoms with E-state index in [-0.39, 0.29) is 24.6 Å². The highest BCUT2D eigenvalue weighted by Gasteiger charge is 2.14. The van der Waals surface area contributed by atoms with Gasteiger partial charge in [-0.1, -0.05) is 19.1 Å². The van der Waals surface area contributed by atoms with Gasteiger partial charge in [-0.2, -0.15) is 0 Å². The van der Waals surface area contributed by atoms with E-state index in [1.165, 1.54) is 0 Å². The molecule has 0 bridgehead atoms.